The largest absolute Gasteiger partial charge is 0.437 e. The van der Waals surface area contributed by atoms with Gasteiger partial charge in [-0.1, -0.05) is 12.1 Å². The molecule has 0 fully saturated rings. The molecule has 3 N–H and O–H groups in total. The third-order valence-corrected chi connectivity index (χ3v) is 5.24. The highest BCUT2D eigenvalue weighted by Crippen LogP contribution is 2.36. The lowest BCUT2D eigenvalue weighted by molar-refractivity contribution is -0.140. The van der Waals surface area contributed by atoms with E-state index in [1.54, 1.807) is 24.3 Å². The van der Waals surface area contributed by atoms with Crippen LogP contribution >= 0.6 is 0 Å². The number of aromatic nitrogens is 4. The number of hydrogen-bond acceptors (Lipinski definition) is 6. The number of carbonyl (C=O) groups is 2. The molecule has 12 heteroatoms. The highest BCUT2D eigenvalue weighted by molar-refractivity contribution is 6.14. The molecule has 176 valence electrons. The molecule has 35 heavy (non-hydrogen) atoms. The van der Waals surface area contributed by atoms with Crippen molar-refractivity contribution in [3.05, 3.63) is 82.6 Å². The van der Waals surface area contributed by atoms with Crippen molar-refractivity contribution >= 4 is 28.4 Å². The van der Waals surface area contributed by atoms with Crippen molar-refractivity contribution in [1.82, 2.24) is 19.7 Å². The van der Waals surface area contributed by atoms with Gasteiger partial charge in [-0.25, -0.2) is 4.98 Å². The van der Waals surface area contributed by atoms with Crippen molar-refractivity contribution in [3.63, 3.8) is 0 Å². The van der Waals surface area contributed by atoms with Crippen LogP contribution in [0.4, 0.5) is 18.9 Å². The van der Waals surface area contributed by atoms with Crippen LogP contribution < -0.4 is 11.1 Å². The first-order valence-electron chi connectivity index (χ1n) is 10.1. The molecular formula is C23H16F3N7O2. The number of hydrogen-bond donors (Lipinski definition) is 2. The number of fused-ring (bicyclic) bond motifs is 1. The number of nitrogens with zero attached hydrogens (tertiary/aromatic N) is 5. The summed E-state index contributed by atoms with van der Waals surface area (Å²) < 4.78 is 42.6. The Morgan fingerprint density at radius 3 is 2.54 bits per heavy atom. The van der Waals surface area contributed by atoms with E-state index in [-0.39, 0.29) is 34.4 Å². The fourth-order valence-electron chi connectivity index (χ4n) is 3.48. The second-order valence-corrected chi connectivity index (χ2v) is 7.54. The number of carbonyl (C=O) groups excluding carboxylic acids is 2. The second-order valence-electron chi connectivity index (χ2n) is 7.54. The molecule has 2 amide bonds. The summed E-state index contributed by atoms with van der Waals surface area (Å²) in [6.07, 6.45) is -2.17. The maximum Gasteiger partial charge on any atom is 0.437 e. The number of halogens is 3. The predicted octanol–water partition coefficient (Wildman–Crippen LogP) is 3.42. The maximum absolute atomic E-state index is 13.8. The third-order valence-electron chi connectivity index (χ3n) is 5.24. The average Bonchev–Trinajstić information content (AvgIpc) is 3.14. The van der Waals surface area contributed by atoms with E-state index >= 15 is 0 Å². The summed E-state index contributed by atoms with van der Waals surface area (Å²) in [5, 5.41) is 15.2. The van der Waals surface area contributed by atoms with E-state index in [9.17, 15) is 22.8 Å². The highest BCUT2D eigenvalue weighted by atomic mass is 19.4. The van der Waals surface area contributed by atoms with Gasteiger partial charge in [0.1, 0.15) is 5.69 Å². The number of rotatable bonds is 5. The van der Waals surface area contributed by atoms with Gasteiger partial charge >= 0.3 is 6.18 Å². The number of amides is 2. The van der Waals surface area contributed by atoms with Gasteiger partial charge < -0.3 is 11.1 Å². The lowest BCUT2D eigenvalue weighted by Crippen LogP contribution is -2.19. The van der Waals surface area contributed by atoms with Gasteiger partial charge in [0.2, 0.25) is 0 Å². The van der Waals surface area contributed by atoms with Crippen LogP contribution in [0.1, 0.15) is 43.4 Å². The minimum atomic E-state index is -4.86. The Kier molecular flexibility index (Phi) is 5.92. The van der Waals surface area contributed by atoms with Crippen LogP contribution in [0.5, 0.6) is 0 Å². The summed E-state index contributed by atoms with van der Waals surface area (Å²) in [5.74, 6) is -1.81. The quantitative estimate of drug-likeness (QED) is 0.450. The molecule has 0 spiro atoms. The Bertz CT molecular complexity index is 1500. The second kappa shape index (κ2) is 8.86. The fraction of sp³-hybridized carbons (Fsp3) is 0.130. The minimum Gasteiger partial charge on any atom is -0.364 e. The third kappa shape index (κ3) is 4.65. The van der Waals surface area contributed by atoms with Gasteiger partial charge in [-0.2, -0.15) is 23.5 Å². The highest BCUT2D eigenvalue weighted by Gasteiger charge is 2.39. The van der Waals surface area contributed by atoms with Gasteiger partial charge in [0.15, 0.2) is 5.69 Å². The van der Waals surface area contributed by atoms with E-state index in [4.69, 9.17) is 11.0 Å². The van der Waals surface area contributed by atoms with Crippen LogP contribution in [0.25, 0.3) is 10.9 Å². The normalized spacial score (nSPS) is 11.3. The average molecular weight is 479 g/mol. The summed E-state index contributed by atoms with van der Waals surface area (Å²) >= 11 is 0. The number of primary amides is 1. The van der Waals surface area contributed by atoms with Gasteiger partial charge in [0, 0.05) is 11.6 Å². The maximum atomic E-state index is 13.8. The number of pyridine rings is 2. The molecule has 0 aliphatic heterocycles. The first-order chi connectivity index (χ1) is 16.6. The molecule has 0 aliphatic carbocycles. The zero-order valence-corrected chi connectivity index (χ0v) is 18.1. The van der Waals surface area contributed by atoms with Crippen molar-refractivity contribution < 1.29 is 22.8 Å². The summed E-state index contributed by atoms with van der Waals surface area (Å²) in [7, 11) is 0. The molecule has 0 bridgehead atoms. The van der Waals surface area contributed by atoms with Gasteiger partial charge in [0.05, 0.1) is 46.8 Å². The van der Waals surface area contributed by atoms with Crippen LogP contribution in [0, 0.1) is 18.3 Å². The molecule has 0 aliphatic rings. The molecular weight excluding hydrogens is 463 g/mol. The molecule has 4 aromatic rings. The van der Waals surface area contributed by atoms with E-state index in [1.807, 2.05) is 6.07 Å². The SMILES string of the molecule is Cc1c(NC(=O)c2cc(C(N)=O)nc3cnccc23)c(C(F)(F)F)nn1Cc1ccc(C#N)cc1. The molecule has 1 aromatic carbocycles. The number of nitrogens with two attached hydrogens (primary N) is 1. The standard InChI is InChI=1S/C23H16F3N7O2/c1-12-19(20(23(24,25)26)32-33(12)11-14-4-2-13(9-27)3-5-14)31-22(35)16-8-17(21(28)34)30-18-10-29-7-6-15(16)18/h2-8,10H,11H2,1H3,(H2,28,34)(H,31,35). The van der Waals surface area contributed by atoms with Crippen molar-refractivity contribution in [3.8, 4) is 6.07 Å². The van der Waals surface area contributed by atoms with Crippen molar-refractivity contribution in [2.75, 3.05) is 5.32 Å². The lowest BCUT2D eigenvalue weighted by atomic mass is 10.1. The first-order valence-corrected chi connectivity index (χ1v) is 10.1. The Hall–Kier alpha value is -4.79. The lowest BCUT2D eigenvalue weighted by Gasteiger charge is -2.11. The number of nitrogens with one attached hydrogen (secondary N) is 1. The Balaban J connectivity index is 1.75. The molecule has 0 unspecified atom stereocenters. The van der Waals surface area contributed by atoms with Gasteiger partial charge in [-0.05, 0) is 36.8 Å². The van der Waals surface area contributed by atoms with Crippen LogP contribution in [0.3, 0.4) is 0 Å². The van der Waals surface area contributed by atoms with E-state index in [0.717, 1.165) is 10.7 Å². The Morgan fingerprint density at radius 2 is 1.91 bits per heavy atom. The molecule has 0 radical (unpaired) electrons. The fourth-order valence-corrected chi connectivity index (χ4v) is 3.48. The number of alkyl halides is 3. The molecule has 0 saturated heterocycles. The molecule has 4 rings (SSSR count). The van der Waals surface area contributed by atoms with Crippen LogP contribution in [0.15, 0.2) is 48.8 Å². The van der Waals surface area contributed by atoms with Gasteiger partial charge in [-0.15, -0.1) is 0 Å². The topological polar surface area (TPSA) is 140 Å². The monoisotopic (exact) mass is 479 g/mol. The zero-order chi connectivity index (χ0) is 25.3. The first kappa shape index (κ1) is 23.4. The van der Waals surface area contributed by atoms with Crippen LogP contribution in [-0.4, -0.2) is 31.6 Å². The Morgan fingerprint density at radius 1 is 1.20 bits per heavy atom. The van der Waals surface area contributed by atoms with Gasteiger partial charge in [-0.3, -0.25) is 19.3 Å². The van der Waals surface area contributed by atoms with E-state index < -0.39 is 29.4 Å². The molecule has 9 nitrogen and oxygen atoms in total. The summed E-state index contributed by atoms with van der Waals surface area (Å²) in [6, 6.07) is 10.8. The number of anilines is 1. The van der Waals surface area contributed by atoms with Crippen molar-refractivity contribution in [2.45, 2.75) is 19.6 Å². The van der Waals surface area contributed by atoms with Crippen LogP contribution in [-0.2, 0) is 12.7 Å². The molecule has 0 atom stereocenters. The zero-order valence-electron chi connectivity index (χ0n) is 18.1. The summed E-state index contributed by atoms with van der Waals surface area (Å²) in [6.45, 7) is 1.37. The van der Waals surface area contributed by atoms with Crippen molar-refractivity contribution in [2.24, 2.45) is 5.73 Å². The van der Waals surface area contributed by atoms with Crippen LogP contribution in [0.2, 0.25) is 0 Å². The molecule has 0 saturated carbocycles. The molecule has 3 heterocycles. The predicted molar refractivity (Wildman–Crippen MR) is 118 cm³/mol. The number of nitriles is 1. The van der Waals surface area contributed by atoms with E-state index in [2.05, 4.69) is 20.4 Å². The minimum absolute atomic E-state index is 0.0217. The molecule has 3 aromatic heterocycles. The summed E-state index contributed by atoms with van der Waals surface area (Å²) in [5.41, 5.74) is 4.43. The smallest absolute Gasteiger partial charge is 0.364 e. The number of benzene rings is 1. The van der Waals surface area contributed by atoms with Crippen molar-refractivity contribution in [1.29, 1.82) is 5.26 Å². The van der Waals surface area contributed by atoms with E-state index in [0.29, 0.717) is 11.1 Å². The Labute approximate surface area is 196 Å². The van der Waals surface area contributed by atoms with Gasteiger partial charge in [0.25, 0.3) is 11.8 Å². The summed E-state index contributed by atoms with van der Waals surface area (Å²) in [4.78, 5) is 32.7. The van der Waals surface area contributed by atoms with E-state index in [1.165, 1.54) is 25.4 Å².